The lowest BCUT2D eigenvalue weighted by atomic mass is 9.87. The highest BCUT2D eigenvalue weighted by Crippen LogP contribution is 2.36. The summed E-state index contributed by atoms with van der Waals surface area (Å²) < 4.78 is 15.2. The first-order valence-electron chi connectivity index (χ1n) is 12.6. The van der Waals surface area contributed by atoms with Gasteiger partial charge in [0, 0.05) is 41.7 Å². The second-order valence-corrected chi connectivity index (χ2v) is 10.3. The van der Waals surface area contributed by atoms with E-state index in [4.69, 9.17) is 0 Å². The van der Waals surface area contributed by atoms with Crippen LogP contribution in [0.25, 0.3) is 10.9 Å². The van der Waals surface area contributed by atoms with E-state index in [1.165, 1.54) is 27.6 Å². The van der Waals surface area contributed by atoms with Crippen LogP contribution in [-0.2, 0) is 22.7 Å². The van der Waals surface area contributed by atoms with E-state index in [9.17, 15) is 14.4 Å². The molecule has 1 aromatic heterocycles. The molecule has 1 unspecified atom stereocenters. The molecule has 186 valence electrons. The average molecular weight is 489 g/mol. The molecule has 2 fully saturated rings. The van der Waals surface area contributed by atoms with Gasteiger partial charge in [-0.15, -0.1) is 0 Å². The fourth-order valence-corrected chi connectivity index (χ4v) is 6.04. The molecule has 8 heteroatoms. The number of likely N-dealkylation sites (tertiary alicyclic amines) is 1. The van der Waals surface area contributed by atoms with Gasteiger partial charge in [-0.1, -0.05) is 24.3 Å². The number of hydrogen-bond acceptors (Lipinski definition) is 4. The third-order valence-electron chi connectivity index (χ3n) is 8.12. The van der Waals surface area contributed by atoms with Crippen LogP contribution < -0.4 is 5.32 Å². The van der Waals surface area contributed by atoms with Crippen molar-refractivity contribution >= 4 is 28.6 Å². The number of carbonyl (C=O) groups excluding carboxylic acids is 3. The Morgan fingerprint density at radius 2 is 1.83 bits per heavy atom. The predicted molar refractivity (Wildman–Crippen MR) is 133 cm³/mol. The number of halogens is 1. The standard InChI is InChI=1S/C28H29FN4O3/c1-16-19-4-2-3-5-23(19)30-24(16)15-32-10-8-17(9-11-32)20-12-18-14-33(28(36)21(18)13-22(20)29)25-6-7-26(34)31-27(25)35/h2-5,12-13,17,25,30H,6-11,14-15H2,1H3,(H,31,34,35). The Morgan fingerprint density at radius 3 is 2.58 bits per heavy atom. The SMILES string of the molecule is Cc1c(CN2CCC(c3cc4c(cc3F)C(=O)N(C3CCC(=O)NC3=O)C4)CC2)[nH]c2ccccc12. The van der Waals surface area contributed by atoms with Gasteiger partial charge in [0.1, 0.15) is 11.9 Å². The largest absolute Gasteiger partial charge is 0.357 e. The van der Waals surface area contributed by atoms with E-state index in [-0.39, 0.29) is 36.5 Å². The minimum Gasteiger partial charge on any atom is -0.357 e. The molecule has 3 aliphatic rings. The Morgan fingerprint density at radius 1 is 1.06 bits per heavy atom. The van der Waals surface area contributed by atoms with Crippen LogP contribution in [0.3, 0.4) is 0 Å². The number of hydrogen-bond donors (Lipinski definition) is 2. The van der Waals surface area contributed by atoms with Crippen molar-refractivity contribution in [2.45, 2.75) is 57.7 Å². The van der Waals surface area contributed by atoms with Crippen LogP contribution in [0.5, 0.6) is 0 Å². The maximum absolute atomic E-state index is 15.2. The van der Waals surface area contributed by atoms with Gasteiger partial charge in [0.15, 0.2) is 0 Å². The molecule has 2 N–H and O–H groups in total. The molecule has 6 rings (SSSR count). The highest BCUT2D eigenvalue weighted by molar-refractivity contribution is 6.05. The molecule has 0 bridgehead atoms. The van der Waals surface area contributed by atoms with Crippen molar-refractivity contribution in [1.82, 2.24) is 20.1 Å². The van der Waals surface area contributed by atoms with E-state index >= 15 is 4.39 Å². The normalized spacial score (nSPS) is 21.3. The lowest BCUT2D eigenvalue weighted by Gasteiger charge is -2.32. The van der Waals surface area contributed by atoms with Crippen molar-refractivity contribution in [3.05, 3.63) is 70.2 Å². The molecule has 3 amide bonds. The molecule has 2 saturated heterocycles. The number of piperidine rings is 2. The summed E-state index contributed by atoms with van der Waals surface area (Å²) >= 11 is 0. The van der Waals surface area contributed by atoms with E-state index in [2.05, 4.69) is 40.3 Å². The van der Waals surface area contributed by atoms with E-state index in [1.54, 1.807) is 0 Å². The molecule has 4 heterocycles. The summed E-state index contributed by atoms with van der Waals surface area (Å²) in [5, 5.41) is 3.56. The fraction of sp³-hybridized carbons (Fsp3) is 0.393. The Balaban J connectivity index is 1.14. The Labute approximate surface area is 208 Å². The summed E-state index contributed by atoms with van der Waals surface area (Å²) in [6, 6.07) is 10.8. The fourth-order valence-electron chi connectivity index (χ4n) is 6.04. The van der Waals surface area contributed by atoms with Crippen molar-refractivity contribution < 1.29 is 18.8 Å². The van der Waals surface area contributed by atoms with Crippen LogP contribution in [0.4, 0.5) is 4.39 Å². The van der Waals surface area contributed by atoms with Gasteiger partial charge in [0.05, 0.1) is 0 Å². The number of nitrogens with zero attached hydrogens (tertiary/aromatic N) is 2. The zero-order valence-corrected chi connectivity index (χ0v) is 20.3. The minimum absolute atomic E-state index is 0.0927. The molecular weight excluding hydrogens is 459 g/mol. The predicted octanol–water partition coefficient (Wildman–Crippen LogP) is 3.76. The maximum Gasteiger partial charge on any atom is 0.255 e. The van der Waals surface area contributed by atoms with Crippen LogP contribution >= 0.6 is 0 Å². The first-order valence-corrected chi connectivity index (χ1v) is 12.6. The smallest absolute Gasteiger partial charge is 0.255 e. The molecule has 3 aliphatic heterocycles. The van der Waals surface area contributed by atoms with E-state index in [1.807, 2.05) is 12.1 Å². The number of aromatic amines is 1. The first-order chi connectivity index (χ1) is 17.4. The highest BCUT2D eigenvalue weighted by Gasteiger charge is 2.40. The number of amides is 3. The summed E-state index contributed by atoms with van der Waals surface area (Å²) in [5.41, 5.74) is 5.41. The number of carbonyl (C=O) groups is 3. The summed E-state index contributed by atoms with van der Waals surface area (Å²) in [6.07, 6.45) is 2.19. The van der Waals surface area contributed by atoms with Gasteiger partial charge in [-0.2, -0.15) is 0 Å². The maximum atomic E-state index is 15.2. The van der Waals surface area contributed by atoms with Gasteiger partial charge < -0.3 is 9.88 Å². The third kappa shape index (κ3) is 3.89. The minimum atomic E-state index is -0.689. The van der Waals surface area contributed by atoms with Gasteiger partial charge in [-0.3, -0.25) is 24.6 Å². The van der Waals surface area contributed by atoms with Crippen molar-refractivity contribution in [1.29, 1.82) is 0 Å². The Kier molecular flexibility index (Phi) is 5.63. The first kappa shape index (κ1) is 22.9. The van der Waals surface area contributed by atoms with Crippen molar-refractivity contribution in [2.24, 2.45) is 0 Å². The molecule has 7 nitrogen and oxygen atoms in total. The molecule has 0 radical (unpaired) electrons. The number of benzene rings is 2. The van der Waals surface area contributed by atoms with Crippen molar-refractivity contribution in [3.63, 3.8) is 0 Å². The summed E-state index contributed by atoms with van der Waals surface area (Å²) in [7, 11) is 0. The highest BCUT2D eigenvalue weighted by atomic mass is 19.1. The number of rotatable bonds is 4. The van der Waals surface area contributed by atoms with E-state index in [0.29, 0.717) is 17.5 Å². The van der Waals surface area contributed by atoms with Crippen LogP contribution in [0.2, 0.25) is 0 Å². The number of aryl methyl sites for hydroxylation is 1. The molecule has 3 aromatic rings. The average Bonchev–Trinajstić information content (AvgIpc) is 3.35. The monoisotopic (exact) mass is 488 g/mol. The number of para-hydroxylation sites is 1. The van der Waals surface area contributed by atoms with Crippen molar-refractivity contribution in [3.8, 4) is 0 Å². The topological polar surface area (TPSA) is 85.5 Å². The summed E-state index contributed by atoms with van der Waals surface area (Å²) in [4.78, 5) is 44.2. The molecule has 0 spiro atoms. The van der Waals surface area contributed by atoms with Crippen LogP contribution in [-0.4, -0.2) is 51.6 Å². The third-order valence-corrected chi connectivity index (χ3v) is 8.12. The summed E-state index contributed by atoms with van der Waals surface area (Å²) in [5.74, 6) is -1.37. The van der Waals surface area contributed by atoms with E-state index in [0.717, 1.165) is 43.6 Å². The van der Waals surface area contributed by atoms with Crippen LogP contribution in [0.1, 0.15) is 64.3 Å². The quantitative estimate of drug-likeness (QED) is 0.548. The molecule has 2 aromatic carbocycles. The number of imide groups is 1. The van der Waals surface area contributed by atoms with Gasteiger partial charge in [0.2, 0.25) is 11.8 Å². The van der Waals surface area contributed by atoms with Gasteiger partial charge in [0.25, 0.3) is 5.91 Å². The lowest BCUT2D eigenvalue weighted by Crippen LogP contribution is -2.52. The second-order valence-electron chi connectivity index (χ2n) is 10.3. The lowest BCUT2D eigenvalue weighted by molar-refractivity contribution is -0.136. The Hall–Kier alpha value is -3.52. The number of fused-ring (bicyclic) bond motifs is 2. The zero-order chi connectivity index (χ0) is 25.0. The van der Waals surface area contributed by atoms with Gasteiger partial charge in [-0.25, -0.2) is 4.39 Å². The van der Waals surface area contributed by atoms with E-state index < -0.39 is 11.9 Å². The van der Waals surface area contributed by atoms with Crippen LogP contribution in [0.15, 0.2) is 36.4 Å². The Bertz CT molecular complexity index is 1390. The number of aromatic nitrogens is 1. The number of nitrogens with one attached hydrogen (secondary N) is 2. The van der Waals surface area contributed by atoms with Gasteiger partial charge >= 0.3 is 0 Å². The van der Waals surface area contributed by atoms with Crippen LogP contribution in [0, 0.1) is 12.7 Å². The number of H-pyrrole nitrogens is 1. The second kappa shape index (κ2) is 8.85. The zero-order valence-electron chi connectivity index (χ0n) is 20.3. The molecule has 1 atom stereocenters. The van der Waals surface area contributed by atoms with Gasteiger partial charge in [-0.05, 0) is 74.0 Å². The molecular formula is C28H29FN4O3. The molecule has 0 aliphatic carbocycles. The molecule has 0 saturated carbocycles. The molecule has 36 heavy (non-hydrogen) atoms. The summed E-state index contributed by atoms with van der Waals surface area (Å²) in [6.45, 7) is 5.01. The van der Waals surface area contributed by atoms with Crippen molar-refractivity contribution in [2.75, 3.05) is 13.1 Å².